The van der Waals surface area contributed by atoms with Crippen LogP contribution in [0.15, 0.2) is 78.5 Å². The molecule has 0 bridgehead atoms. The third-order valence-electron chi connectivity index (χ3n) is 3.81. The second-order valence-corrected chi connectivity index (χ2v) is 6.71. The van der Waals surface area contributed by atoms with Gasteiger partial charge in [0.15, 0.2) is 0 Å². The van der Waals surface area contributed by atoms with Crippen molar-refractivity contribution < 1.29 is 4.74 Å². The molecule has 0 radical (unpaired) electrons. The van der Waals surface area contributed by atoms with Crippen molar-refractivity contribution in [1.82, 2.24) is 9.80 Å². The van der Waals surface area contributed by atoms with E-state index in [1.54, 1.807) is 6.20 Å². The van der Waals surface area contributed by atoms with Crippen LogP contribution in [0.25, 0.3) is 0 Å². The molecule has 0 aliphatic carbocycles. The standard InChI is InChI=1S/C23H33N3O.C2H6/c1-7-11-20(3)12-9-10-17-27-22-15-13-21(14-16-22)18-26(6)23(24-8-2)19-25(4)5;1-2/h7-10,12-16H,1-2,11,17-19H2,3-6H3;1-2H3/b10-9-,20-12-,24-23?;. The number of hydrogen-bond donors (Lipinski definition) is 0. The summed E-state index contributed by atoms with van der Waals surface area (Å²) in [5.41, 5.74) is 2.49. The molecule has 1 aromatic carbocycles. The molecule has 0 heterocycles. The Hall–Kier alpha value is -2.59. The van der Waals surface area contributed by atoms with E-state index in [0.717, 1.165) is 31.1 Å². The fourth-order valence-corrected chi connectivity index (χ4v) is 2.43. The smallest absolute Gasteiger partial charge is 0.119 e. The maximum Gasteiger partial charge on any atom is 0.119 e. The SMILES string of the molecule is C=CC/C(C)=C\C=C/COc1ccc(CN(C)C(CN(C)C)=NC=C)cc1.CC. The van der Waals surface area contributed by atoms with Crippen LogP contribution in [-0.4, -0.2) is 49.9 Å². The van der Waals surface area contributed by atoms with Crippen molar-refractivity contribution in [2.45, 2.75) is 33.7 Å². The van der Waals surface area contributed by atoms with Crippen LogP contribution in [0.1, 0.15) is 32.8 Å². The first-order valence-electron chi connectivity index (χ1n) is 10.1. The van der Waals surface area contributed by atoms with Gasteiger partial charge in [-0.3, -0.25) is 0 Å². The number of likely N-dealkylation sites (N-methyl/N-ethyl adjacent to an activating group) is 2. The van der Waals surface area contributed by atoms with E-state index in [9.17, 15) is 0 Å². The quantitative estimate of drug-likeness (QED) is 0.207. The zero-order valence-corrected chi connectivity index (χ0v) is 19.2. The summed E-state index contributed by atoms with van der Waals surface area (Å²) in [6.07, 6.45) is 10.5. The summed E-state index contributed by atoms with van der Waals surface area (Å²) in [7, 11) is 6.11. The molecule has 0 saturated heterocycles. The largest absolute Gasteiger partial charge is 0.490 e. The van der Waals surface area contributed by atoms with Crippen LogP contribution in [0.2, 0.25) is 0 Å². The third kappa shape index (κ3) is 12.5. The van der Waals surface area contributed by atoms with E-state index in [2.05, 4.69) is 53.1 Å². The summed E-state index contributed by atoms with van der Waals surface area (Å²) >= 11 is 0. The molecule has 0 saturated carbocycles. The van der Waals surface area contributed by atoms with Gasteiger partial charge < -0.3 is 14.5 Å². The molecule has 160 valence electrons. The lowest BCUT2D eigenvalue weighted by atomic mass is 10.2. The van der Waals surface area contributed by atoms with Gasteiger partial charge in [-0.05, 0) is 51.2 Å². The Kier molecular flexibility index (Phi) is 14.9. The summed E-state index contributed by atoms with van der Waals surface area (Å²) in [5.74, 6) is 1.85. The number of hydrogen-bond acceptors (Lipinski definition) is 3. The molecule has 0 atom stereocenters. The van der Waals surface area contributed by atoms with Crippen LogP contribution >= 0.6 is 0 Å². The Morgan fingerprint density at radius 2 is 1.76 bits per heavy atom. The van der Waals surface area contributed by atoms with Crippen LogP contribution < -0.4 is 4.74 Å². The third-order valence-corrected chi connectivity index (χ3v) is 3.81. The molecule has 0 spiro atoms. The van der Waals surface area contributed by atoms with Crippen molar-refractivity contribution in [3.63, 3.8) is 0 Å². The van der Waals surface area contributed by atoms with Gasteiger partial charge in [-0.1, -0.05) is 56.4 Å². The molecule has 0 amide bonds. The van der Waals surface area contributed by atoms with Crippen LogP contribution in [0, 0.1) is 0 Å². The molecule has 0 aromatic heterocycles. The van der Waals surface area contributed by atoms with Gasteiger partial charge in [-0.25, -0.2) is 4.99 Å². The first-order valence-corrected chi connectivity index (χ1v) is 10.1. The molecular weight excluding hydrogens is 358 g/mol. The van der Waals surface area contributed by atoms with E-state index < -0.39 is 0 Å². The van der Waals surface area contributed by atoms with E-state index in [1.165, 1.54) is 11.1 Å². The number of rotatable bonds is 11. The molecule has 1 aromatic rings. The summed E-state index contributed by atoms with van der Waals surface area (Å²) < 4.78 is 5.75. The molecule has 1 rings (SSSR count). The normalized spacial score (nSPS) is 11.8. The first kappa shape index (κ1) is 26.4. The molecule has 0 fully saturated rings. The highest BCUT2D eigenvalue weighted by molar-refractivity contribution is 5.84. The molecular formula is C25H39N3O. The van der Waals surface area contributed by atoms with Crippen LogP contribution in [0.4, 0.5) is 0 Å². The van der Waals surface area contributed by atoms with Gasteiger partial charge in [0.25, 0.3) is 0 Å². The Labute approximate surface area is 178 Å². The molecule has 4 heteroatoms. The second-order valence-electron chi connectivity index (χ2n) is 6.71. The van der Waals surface area contributed by atoms with E-state index in [4.69, 9.17) is 4.74 Å². The lowest BCUT2D eigenvalue weighted by Crippen LogP contribution is -2.34. The first-order chi connectivity index (χ1) is 14.0. The monoisotopic (exact) mass is 397 g/mol. The number of amidine groups is 1. The Morgan fingerprint density at radius 3 is 2.31 bits per heavy atom. The Balaban J connectivity index is 0.00000379. The average Bonchev–Trinajstić information content (AvgIpc) is 2.70. The highest BCUT2D eigenvalue weighted by Crippen LogP contribution is 2.14. The molecule has 0 unspecified atom stereocenters. The van der Waals surface area contributed by atoms with Gasteiger partial charge in [-0.2, -0.15) is 0 Å². The summed E-state index contributed by atoms with van der Waals surface area (Å²) in [4.78, 5) is 8.61. The minimum atomic E-state index is 0.552. The number of aliphatic imine (C=N–C) groups is 1. The predicted molar refractivity (Wildman–Crippen MR) is 129 cm³/mol. The lowest BCUT2D eigenvalue weighted by Gasteiger charge is -2.23. The summed E-state index contributed by atoms with van der Waals surface area (Å²) in [5, 5.41) is 0. The number of allylic oxidation sites excluding steroid dienone is 4. The van der Waals surface area contributed by atoms with Gasteiger partial charge >= 0.3 is 0 Å². The summed E-state index contributed by atoms with van der Waals surface area (Å²) in [6.45, 7) is 15.6. The topological polar surface area (TPSA) is 28.1 Å². The highest BCUT2D eigenvalue weighted by atomic mass is 16.5. The van der Waals surface area contributed by atoms with Crippen molar-refractivity contribution in [1.29, 1.82) is 0 Å². The number of nitrogens with zero attached hydrogens (tertiary/aromatic N) is 3. The lowest BCUT2D eigenvalue weighted by molar-refractivity contribution is 0.362. The molecule has 0 aliphatic heterocycles. The molecule has 29 heavy (non-hydrogen) atoms. The highest BCUT2D eigenvalue weighted by Gasteiger charge is 2.08. The maximum absolute atomic E-state index is 5.75. The number of ether oxygens (including phenoxy) is 1. The summed E-state index contributed by atoms with van der Waals surface area (Å²) in [6, 6.07) is 8.19. The van der Waals surface area contributed by atoms with Crippen molar-refractivity contribution in [3.05, 3.63) is 79.1 Å². The van der Waals surface area contributed by atoms with Crippen LogP contribution in [0.5, 0.6) is 5.75 Å². The fraction of sp³-hybridized carbons (Fsp3) is 0.400. The fourth-order valence-electron chi connectivity index (χ4n) is 2.43. The minimum Gasteiger partial charge on any atom is -0.490 e. The van der Waals surface area contributed by atoms with Crippen LogP contribution in [-0.2, 0) is 6.54 Å². The van der Waals surface area contributed by atoms with E-state index in [1.807, 2.05) is 65.4 Å². The van der Waals surface area contributed by atoms with Crippen molar-refractivity contribution in [2.75, 3.05) is 34.3 Å². The van der Waals surface area contributed by atoms with Gasteiger partial charge in [0, 0.05) is 19.8 Å². The van der Waals surface area contributed by atoms with E-state index in [-0.39, 0.29) is 0 Å². The zero-order valence-electron chi connectivity index (χ0n) is 19.2. The zero-order chi connectivity index (χ0) is 22.1. The van der Waals surface area contributed by atoms with Crippen LogP contribution in [0.3, 0.4) is 0 Å². The maximum atomic E-state index is 5.75. The predicted octanol–water partition coefficient (Wildman–Crippen LogP) is 5.71. The Morgan fingerprint density at radius 1 is 1.10 bits per heavy atom. The molecule has 0 aliphatic rings. The Bertz CT molecular complexity index is 670. The number of benzene rings is 1. The molecule has 4 nitrogen and oxygen atoms in total. The minimum absolute atomic E-state index is 0.552. The van der Waals surface area contributed by atoms with Gasteiger partial charge in [-0.15, -0.1) is 6.58 Å². The molecule has 0 N–H and O–H groups in total. The van der Waals surface area contributed by atoms with Crippen molar-refractivity contribution >= 4 is 5.84 Å². The van der Waals surface area contributed by atoms with Crippen molar-refractivity contribution in [2.24, 2.45) is 4.99 Å². The van der Waals surface area contributed by atoms with E-state index in [0.29, 0.717) is 6.61 Å². The van der Waals surface area contributed by atoms with Gasteiger partial charge in [0.1, 0.15) is 18.2 Å². The average molecular weight is 398 g/mol. The van der Waals surface area contributed by atoms with Crippen molar-refractivity contribution in [3.8, 4) is 5.75 Å². The second kappa shape index (κ2) is 16.4. The van der Waals surface area contributed by atoms with Gasteiger partial charge in [0.2, 0.25) is 0 Å². The van der Waals surface area contributed by atoms with E-state index >= 15 is 0 Å². The van der Waals surface area contributed by atoms with Gasteiger partial charge in [0.05, 0.1) is 6.54 Å².